The summed E-state index contributed by atoms with van der Waals surface area (Å²) in [6.07, 6.45) is 1.78. The number of halogens is 1. The minimum atomic E-state index is 0.606. The first-order valence-electron chi connectivity index (χ1n) is 9.64. The Morgan fingerprint density at radius 2 is 1.73 bits per heavy atom. The van der Waals surface area contributed by atoms with E-state index in [0.717, 1.165) is 39.3 Å². The van der Waals surface area contributed by atoms with Crippen molar-refractivity contribution in [3.63, 3.8) is 0 Å². The van der Waals surface area contributed by atoms with Gasteiger partial charge in [0.05, 0.1) is 18.3 Å². The first-order valence-corrected chi connectivity index (χ1v) is 10.0. The van der Waals surface area contributed by atoms with Crippen LogP contribution in [-0.2, 0) is 0 Å². The topological polar surface area (TPSA) is 72.0 Å². The first-order chi connectivity index (χ1) is 14.6. The third kappa shape index (κ3) is 4.60. The maximum atomic E-state index is 6.06. The summed E-state index contributed by atoms with van der Waals surface area (Å²) in [5, 5.41) is 8.45. The highest BCUT2D eigenvalue weighted by atomic mass is 35.5. The van der Waals surface area contributed by atoms with Gasteiger partial charge in [0.15, 0.2) is 0 Å². The summed E-state index contributed by atoms with van der Waals surface area (Å²) in [4.78, 5) is 13.5. The van der Waals surface area contributed by atoms with E-state index in [4.69, 9.17) is 16.3 Å². The van der Waals surface area contributed by atoms with Crippen LogP contribution in [0.4, 0.5) is 11.6 Å². The van der Waals surface area contributed by atoms with Crippen molar-refractivity contribution in [2.45, 2.75) is 6.92 Å². The van der Waals surface area contributed by atoms with Gasteiger partial charge in [-0.15, -0.1) is 0 Å². The van der Waals surface area contributed by atoms with Crippen LogP contribution in [0.5, 0.6) is 5.75 Å². The lowest BCUT2D eigenvalue weighted by Crippen LogP contribution is -2.15. The fraction of sp³-hybridized carbons (Fsp3) is 0.174. The molecule has 152 valence electrons. The fourth-order valence-corrected chi connectivity index (χ4v) is 3.37. The molecular weight excluding hydrogens is 398 g/mol. The number of rotatable bonds is 7. The van der Waals surface area contributed by atoms with Gasteiger partial charge in [-0.3, -0.25) is 4.98 Å². The maximum absolute atomic E-state index is 6.06. The van der Waals surface area contributed by atoms with Crippen LogP contribution < -0.4 is 15.4 Å². The van der Waals surface area contributed by atoms with Crippen LogP contribution in [0.25, 0.3) is 22.2 Å². The lowest BCUT2D eigenvalue weighted by atomic mass is 10.1. The maximum Gasteiger partial charge on any atom is 0.223 e. The molecule has 30 heavy (non-hydrogen) atoms. The number of benzene rings is 2. The van der Waals surface area contributed by atoms with Crippen molar-refractivity contribution < 1.29 is 4.74 Å². The highest BCUT2D eigenvalue weighted by molar-refractivity contribution is 6.31. The Labute approximate surface area is 180 Å². The van der Waals surface area contributed by atoms with Gasteiger partial charge in [0.2, 0.25) is 5.95 Å². The molecule has 6 nitrogen and oxygen atoms in total. The number of nitrogens with zero attached hydrogens (tertiary/aromatic N) is 3. The van der Waals surface area contributed by atoms with Crippen molar-refractivity contribution in [2.75, 3.05) is 30.8 Å². The summed E-state index contributed by atoms with van der Waals surface area (Å²) in [6, 6.07) is 17.5. The molecule has 0 saturated carbocycles. The van der Waals surface area contributed by atoms with Gasteiger partial charge in [0.25, 0.3) is 0 Å². The Morgan fingerprint density at radius 1 is 0.933 bits per heavy atom. The molecule has 2 N–H and O–H groups in total. The number of pyridine rings is 1. The van der Waals surface area contributed by atoms with Gasteiger partial charge < -0.3 is 15.4 Å². The molecule has 0 bridgehead atoms. The third-order valence-electron chi connectivity index (χ3n) is 4.67. The number of anilines is 2. The van der Waals surface area contributed by atoms with E-state index in [0.29, 0.717) is 24.1 Å². The van der Waals surface area contributed by atoms with Crippen LogP contribution in [0.3, 0.4) is 0 Å². The molecule has 0 radical (unpaired) electrons. The van der Waals surface area contributed by atoms with Crippen LogP contribution in [0.1, 0.15) is 5.69 Å². The van der Waals surface area contributed by atoms with E-state index in [2.05, 4.69) is 25.6 Å². The van der Waals surface area contributed by atoms with Crippen LogP contribution in [-0.4, -0.2) is 35.2 Å². The monoisotopic (exact) mass is 419 g/mol. The quantitative estimate of drug-likeness (QED) is 0.402. The zero-order valence-electron chi connectivity index (χ0n) is 16.8. The van der Waals surface area contributed by atoms with Crippen LogP contribution >= 0.6 is 11.6 Å². The molecule has 2 aromatic carbocycles. The second-order valence-corrected chi connectivity index (χ2v) is 7.26. The molecule has 7 heteroatoms. The van der Waals surface area contributed by atoms with E-state index in [9.17, 15) is 0 Å². The Balaban J connectivity index is 1.41. The van der Waals surface area contributed by atoms with E-state index in [1.54, 1.807) is 13.3 Å². The van der Waals surface area contributed by atoms with Crippen molar-refractivity contribution >= 4 is 34.1 Å². The molecule has 2 heterocycles. The zero-order valence-corrected chi connectivity index (χ0v) is 17.6. The molecular formula is C23H22ClN5O. The van der Waals surface area contributed by atoms with Crippen LogP contribution in [0.2, 0.25) is 5.02 Å². The number of fused-ring (bicyclic) bond motifs is 1. The normalized spacial score (nSPS) is 10.8. The molecule has 0 atom stereocenters. The van der Waals surface area contributed by atoms with E-state index in [1.165, 1.54) is 0 Å². The van der Waals surface area contributed by atoms with Crippen molar-refractivity contribution in [1.82, 2.24) is 15.0 Å². The number of aromatic nitrogens is 3. The highest BCUT2D eigenvalue weighted by Gasteiger charge is 2.06. The van der Waals surface area contributed by atoms with E-state index >= 15 is 0 Å². The number of aryl methyl sites for hydroxylation is 1. The molecule has 2 aromatic heterocycles. The summed E-state index contributed by atoms with van der Waals surface area (Å²) in [5.41, 5.74) is 4.68. The summed E-state index contributed by atoms with van der Waals surface area (Å²) in [5.74, 6) is 1.42. The predicted octanol–water partition coefficient (Wildman–Crippen LogP) is 5.19. The predicted molar refractivity (Wildman–Crippen MR) is 122 cm³/mol. The average Bonchev–Trinajstić information content (AvgIpc) is 2.76. The third-order valence-corrected chi connectivity index (χ3v) is 4.90. The van der Waals surface area contributed by atoms with E-state index < -0.39 is 0 Å². The molecule has 0 aliphatic carbocycles. The minimum Gasteiger partial charge on any atom is -0.497 e. The second kappa shape index (κ2) is 8.97. The smallest absolute Gasteiger partial charge is 0.223 e. The van der Waals surface area contributed by atoms with Gasteiger partial charge in [-0.05, 0) is 61.5 Å². The van der Waals surface area contributed by atoms with Gasteiger partial charge in [-0.25, -0.2) is 9.97 Å². The Bertz CT molecular complexity index is 1160. The zero-order chi connectivity index (χ0) is 20.9. The molecule has 0 aliphatic heterocycles. The van der Waals surface area contributed by atoms with Crippen LogP contribution in [0, 0.1) is 6.92 Å². The largest absolute Gasteiger partial charge is 0.497 e. The number of ether oxygens (including phenoxy) is 1. The number of methoxy groups -OCH3 is 1. The Kier molecular flexibility index (Phi) is 5.95. The standard InChI is InChI=1S/C23H22ClN5O/c1-15-13-21(16-3-6-18(30-2)7-4-16)29-23(28-15)27-12-11-26-20-9-10-25-22-14-17(24)5-8-19(20)22/h3-10,13-14H,11-12H2,1-2H3,(H,25,26)(H,27,28,29). The number of nitrogens with one attached hydrogen (secondary N) is 2. The fourth-order valence-electron chi connectivity index (χ4n) is 3.20. The lowest BCUT2D eigenvalue weighted by Gasteiger charge is -2.11. The Hall–Kier alpha value is -3.38. The van der Waals surface area contributed by atoms with Crippen molar-refractivity contribution in [3.8, 4) is 17.0 Å². The molecule has 0 spiro atoms. The van der Waals surface area contributed by atoms with E-state index in [-0.39, 0.29) is 0 Å². The van der Waals surface area contributed by atoms with Gasteiger partial charge in [-0.2, -0.15) is 0 Å². The summed E-state index contributed by atoms with van der Waals surface area (Å²) in [6.45, 7) is 3.34. The molecule has 0 aliphatic rings. The number of hydrogen-bond acceptors (Lipinski definition) is 6. The Morgan fingerprint density at radius 3 is 2.53 bits per heavy atom. The minimum absolute atomic E-state index is 0.606. The molecule has 4 rings (SSSR count). The average molecular weight is 420 g/mol. The van der Waals surface area contributed by atoms with Crippen molar-refractivity contribution in [2.24, 2.45) is 0 Å². The SMILES string of the molecule is COc1ccc(-c2cc(C)nc(NCCNc3ccnc4cc(Cl)ccc34)n2)cc1. The molecule has 0 saturated heterocycles. The second-order valence-electron chi connectivity index (χ2n) is 6.82. The lowest BCUT2D eigenvalue weighted by molar-refractivity contribution is 0.415. The van der Waals surface area contributed by atoms with Gasteiger partial charge in [-0.1, -0.05) is 11.6 Å². The molecule has 0 amide bonds. The van der Waals surface area contributed by atoms with Gasteiger partial charge >= 0.3 is 0 Å². The molecule has 4 aromatic rings. The molecule has 0 unspecified atom stereocenters. The van der Waals surface area contributed by atoms with Gasteiger partial charge in [0.1, 0.15) is 5.75 Å². The van der Waals surface area contributed by atoms with Crippen molar-refractivity contribution in [3.05, 3.63) is 71.5 Å². The first kappa shape index (κ1) is 19.9. The summed E-state index contributed by atoms with van der Waals surface area (Å²) >= 11 is 6.06. The summed E-state index contributed by atoms with van der Waals surface area (Å²) < 4.78 is 5.22. The molecule has 0 fully saturated rings. The highest BCUT2D eigenvalue weighted by Crippen LogP contribution is 2.24. The van der Waals surface area contributed by atoms with E-state index in [1.807, 2.05) is 61.5 Å². The number of hydrogen-bond donors (Lipinski definition) is 2. The van der Waals surface area contributed by atoms with Gasteiger partial charge in [0, 0.05) is 46.6 Å². The summed E-state index contributed by atoms with van der Waals surface area (Å²) in [7, 11) is 1.66. The van der Waals surface area contributed by atoms with Crippen molar-refractivity contribution in [1.29, 1.82) is 0 Å². The van der Waals surface area contributed by atoms with Crippen LogP contribution in [0.15, 0.2) is 60.8 Å².